The Labute approximate surface area is 172 Å². The smallest absolute Gasteiger partial charge is 0.193 e. The highest BCUT2D eigenvalue weighted by atomic mass is 127. The topological polar surface area (TPSA) is 30.9 Å². The average Bonchev–Trinajstić information content (AvgIpc) is 2.99. The van der Waals surface area contributed by atoms with Gasteiger partial charge >= 0.3 is 0 Å². The molecule has 0 aromatic heterocycles. The fraction of sp³-hybridized carbons (Fsp3) is 0.950. The van der Waals surface area contributed by atoms with Crippen molar-refractivity contribution in [1.29, 1.82) is 0 Å². The summed E-state index contributed by atoms with van der Waals surface area (Å²) in [7, 11) is 1.95. The van der Waals surface area contributed by atoms with Gasteiger partial charge in [-0.15, -0.1) is 24.0 Å². The Balaban J connectivity index is 0.00000225. The molecule has 25 heavy (non-hydrogen) atoms. The minimum Gasteiger partial charge on any atom is -0.356 e. The van der Waals surface area contributed by atoms with Gasteiger partial charge in [-0.25, -0.2) is 0 Å². The van der Waals surface area contributed by atoms with Crippen molar-refractivity contribution in [1.82, 2.24) is 15.1 Å². The van der Waals surface area contributed by atoms with E-state index in [-0.39, 0.29) is 24.0 Å². The van der Waals surface area contributed by atoms with E-state index < -0.39 is 0 Å². The van der Waals surface area contributed by atoms with Crippen LogP contribution in [-0.4, -0.2) is 61.6 Å². The van der Waals surface area contributed by atoms with Gasteiger partial charge in [0.1, 0.15) is 0 Å². The Kier molecular flexibility index (Phi) is 8.31. The van der Waals surface area contributed by atoms with Gasteiger partial charge in [-0.1, -0.05) is 19.3 Å². The van der Waals surface area contributed by atoms with E-state index in [0.717, 1.165) is 18.4 Å². The third kappa shape index (κ3) is 5.47. The van der Waals surface area contributed by atoms with Crippen molar-refractivity contribution in [2.45, 2.75) is 71.3 Å². The second-order valence-corrected chi connectivity index (χ2v) is 8.76. The second kappa shape index (κ2) is 9.77. The van der Waals surface area contributed by atoms with E-state index in [1.54, 1.807) is 0 Å². The van der Waals surface area contributed by atoms with Gasteiger partial charge in [0.05, 0.1) is 0 Å². The summed E-state index contributed by atoms with van der Waals surface area (Å²) in [6.45, 7) is 10.7. The van der Waals surface area contributed by atoms with Crippen molar-refractivity contribution in [3.05, 3.63) is 0 Å². The largest absolute Gasteiger partial charge is 0.356 e. The maximum Gasteiger partial charge on any atom is 0.193 e. The number of hydrogen-bond donors (Lipinski definition) is 1. The van der Waals surface area contributed by atoms with Crippen molar-refractivity contribution >= 4 is 29.9 Å². The van der Waals surface area contributed by atoms with Crippen LogP contribution in [0.3, 0.4) is 0 Å². The molecule has 1 saturated carbocycles. The summed E-state index contributed by atoms with van der Waals surface area (Å²) in [6, 6.07) is 0.678. The van der Waals surface area contributed by atoms with E-state index in [4.69, 9.17) is 0 Å². The lowest BCUT2D eigenvalue weighted by Crippen LogP contribution is -2.47. The Morgan fingerprint density at radius 1 is 1.12 bits per heavy atom. The van der Waals surface area contributed by atoms with Crippen LogP contribution in [-0.2, 0) is 0 Å². The summed E-state index contributed by atoms with van der Waals surface area (Å²) in [5, 5.41) is 3.71. The molecule has 1 N–H and O–H groups in total. The highest BCUT2D eigenvalue weighted by molar-refractivity contribution is 14.0. The first-order chi connectivity index (χ1) is 11.6. The summed E-state index contributed by atoms with van der Waals surface area (Å²) in [4.78, 5) is 9.77. The number of nitrogens with one attached hydrogen (secondary N) is 1. The van der Waals surface area contributed by atoms with Gasteiger partial charge in [0.25, 0.3) is 0 Å². The van der Waals surface area contributed by atoms with Gasteiger partial charge in [0, 0.05) is 39.3 Å². The van der Waals surface area contributed by atoms with Crippen molar-refractivity contribution in [2.24, 2.45) is 16.3 Å². The molecule has 0 aromatic carbocycles. The minimum absolute atomic E-state index is 0. The molecule has 0 bridgehead atoms. The molecular weight excluding hydrogens is 423 g/mol. The molecule has 2 saturated heterocycles. The van der Waals surface area contributed by atoms with Crippen LogP contribution >= 0.6 is 24.0 Å². The first kappa shape index (κ1) is 21.3. The lowest BCUT2D eigenvalue weighted by atomic mass is 9.73. The molecule has 146 valence electrons. The number of guanidine groups is 1. The summed E-state index contributed by atoms with van der Waals surface area (Å²) in [5.41, 5.74) is 0.606. The number of nitrogens with zero attached hydrogens (tertiary/aromatic N) is 3. The van der Waals surface area contributed by atoms with E-state index in [2.05, 4.69) is 34.0 Å². The molecule has 3 fully saturated rings. The normalized spacial score (nSPS) is 27.6. The zero-order valence-corrected chi connectivity index (χ0v) is 18.9. The summed E-state index contributed by atoms with van der Waals surface area (Å²) in [5.74, 6) is 1.92. The molecule has 1 spiro atoms. The van der Waals surface area contributed by atoms with E-state index in [1.807, 2.05) is 7.05 Å². The molecule has 0 amide bonds. The lowest BCUT2D eigenvalue weighted by molar-refractivity contribution is 0.140. The van der Waals surface area contributed by atoms with Crippen LogP contribution in [0, 0.1) is 11.3 Å². The molecule has 0 aromatic rings. The maximum absolute atomic E-state index is 4.60. The molecule has 0 radical (unpaired) electrons. The van der Waals surface area contributed by atoms with Crippen LogP contribution in [0.5, 0.6) is 0 Å². The SMILES string of the molecule is CN=C(NCC1CCCN(C(C)C)C1)N1CCC2(CCCCC2)C1.I. The van der Waals surface area contributed by atoms with E-state index in [9.17, 15) is 0 Å². The molecule has 2 heterocycles. The van der Waals surface area contributed by atoms with Crippen molar-refractivity contribution in [3.63, 3.8) is 0 Å². The van der Waals surface area contributed by atoms with Crippen LogP contribution in [0.2, 0.25) is 0 Å². The Morgan fingerprint density at radius 2 is 1.88 bits per heavy atom. The molecule has 1 aliphatic carbocycles. The van der Waals surface area contributed by atoms with Crippen LogP contribution in [0.1, 0.15) is 65.2 Å². The van der Waals surface area contributed by atoms with E-state index in [1.165, 1.54) is 77.5 Å². The number of halogens is 1. The fourth-order valence-corrected chi connectivity index (χ4v) is 5.13. The first-order valence-corrected chi connectivity index (χ1v) is 10.3. The molecule has 4 nitrogen and oxygen atoms in total. The first-order valence-electron chi connectivity index (χ1n) is 10.3. The van der Waals surface area contributed by atoms with Crippen molar-refractivity contribution in [2.75, 3.05) is 39.8 Å². The van der Waals surface area contributed by atoms with Gasteiger partial charge in [-0.3, -0.25) is 4.99 Å². The molecule has 3 aliphatic rings. The van der Waals surface area contributed by atoms with E-state index in [0.29, 0.717) is 11.5 Å². The number of piperidine rings is 1. The van der Waals surface area contributed by atoms with Crippen LogP contribution < -0.4 is 5.32 Å². The predicted molar refractivity (Wildman–Crippen MR) is 118 cm³/mol. The molecular formula is C20H39IN4. The molecule has 5 heteroatoms. The summed E-state index contributed by atoms with van der Waals surface area (Å²) < 4.78 is 0. The van der Waals surface area contributed by atoms with E-state index >= 15 is 0 Å². The standard InChI is InChI=1S/C20H38N4.HI/c1-17(2)23-12-7-8-18(15-23)14-22-19(21-3)24-13-11-20(16-24)9-5-4-6-10-20;/h17-18H,4-16H2,1-3H3,(H,21,22);1H. The van der Waals surface area contributed by atoms with Gasteiger partial charge in [-0.05, 0) is 63.8 Å². The number of rotatable bonds is 3. The molecule has 3 rings (SSSR count). The Bertz CT molecular complexity index is 431. The summed E-state index contributed by atoms with van der Waals surface area (Å²) in [6.07, 6.45) is 11.3. The Morgan fingerprint density at radius 3 is 2.56 bits per heavy atom. The quantitative estimate of drug-likeness (QED) is 0.392. The highest BCUT2D eigenvalue weighted by Gasteiger charge is 2.39. The highest BCUT2D eigenvalue weighted by Crippen LogP contribution is 2.43. The number of hydrogen-bond acceptors (Lipinski definition) is 2. The molecule has 2 aliphatic heterocycles. The van der Waals surface area contributed by atoms with Crippen LogP contribution in [0.4, 0.5) is 0 Å². The van der Waals surface area contributed by atoms with Gasteiger partial charge in [0.2, 0.25) is 0 Å². The van der Waals surface area contributed by atoms with Gasteiger partial charge in [-0.2, -0.15) is 0 Å². The fourth-order valence-electron chi connectivity index (χ4n) is 5.13. The monoisotopic (exact) mass is 462 g/mol. The maximum atomic E-state index is 4.60. The second-order valence-electron chi connectivity index (χ2n) is 8.76. The van der Waals surface area contributed by atoms with Gasteiger partial charge in [0.15, 0.2) is 5.96 Å². The lowest BCUT2D eigenvalue weighted by Gasteiger charge is -2.36. The molecule has 1 atom stereocenters. The third-order valence-corrected chi connectivity index (χ3v) is 6.69. The van der Waals surface area contributed by atoms with Crippen LogP contribution in [0.25, 0.3) is 0 Å². The van der Waals surface area contributed by atoms with Crippen LogP contribution in [0.15, 0.2) is 4.99 Å². The van der Waals surface area contributed by atoms with Gasteiger partial charge < -0.3 is 15.1 Å². The van der Waals surface area contributed by atoms with Crippen molar-refractivity contribution < 1.29 is 0 Å². The number of likely N-dealkylation sites (tertiary alicyclic amines) is 2. The Hall–Kier alpha value is -0.0400. The summed E-state index contributed by atoms with van der Waals surface area (Å²) >= 11 is 0. The predicted octanol–water partition coefficient (Wildman–Crippen LogP) is 3.96. The average molecular weight is 462 g/mol. The molecule has 1 unspecified atom stereocenters. The van der Waals surface area contributed by atoms with Crippen molar-refractivity contribution in [3.8, 4) is 0 Å². The zero-order valence-electron chi connectivity index (χ0n) is 16.6. The minimum atomic E-state index is 0. The number of aliphatic imine (C=N–C) groups is 1. The zero-order chi connectivity index (χ0) is 17.0. The third-order valence-electron chi connectivity index (χ3n) is 6.69.